The number of halogens is 2. The molecule has 76 valence electrons. The Morgan fingerprint density at radius 1 is 1.38 bits per heavy atom. The summed E-state index contributed by atoms with van der Waals surface area (Å²) < 4.78 is 2.29. The Morgan fingerprint density at radius 3 is 2.92 bits per heavy atom. The largest absolute Gasteiger partial charge is 0.331 e. The van der Waals surface area contributed by atoms with Crippen LogP contribution in [-0.2, 0) is 13.0 Å². The zero-order chi connectivity index (χ0) is 7.68. The van der Waals surface area contributed by atoms with Gasteiger partial charge in [0.2, 0.25) is 0 Å². The van der Waals surface area contributed by atoms with Crippen LogP contribution in [-0.4, -0.2) is 22.6 Å². The molecule has 0 spiro atoms. The first kappa shape index (κ1) is 12.8. The molecule has 0 saturated carbocycles. The van der Waals surface area contributed by atoms with Crippen LogP contribution < -0.4 is 5.32 Å². The SMILES string of the molecule is Cc1cnc2n1CCNCC2.Cl.Cl. The lowest BCUT2D eigenvalue weighted by molar-refractivity contribution is 0.635. The van der Waals surface area contributed by atoms with E-state index in [0.29, 0.717) is 0 Å². The predicted molar refractivity (Wildman–Crippen MR) is 58.0 cm³/mol. The lowest BCUT2D eigenvalue weighted by Crippen LogP contribution is -2.17. The molecule has 0 atom stereocenters. The Bertz CT molecular complexity index is 260. The average Bonchev–Trinajstić information content (AvgIpc) is 2.25. The summed E-state index contributed by atoms with van der Waals surface area (Å²) in [6.07, 6.45) is 3.02. The van der Waals surface area contributed by atoms with Crippen molar-refractivity contribution >= 4 is 24.8 Å². The van der Waals surface area contributed by atoms with Gasteiger partial charge in [0.25, 0.3) is 0 Å². The highest BCUT2D eigenvalue weighted by molar-refractivity contribution is 5.85. The third kappa shape index (κ3) is 2.59. The molecule has 0 fully saturated rings. The van der Waals surface area contributed by atoms with E-state index < -0.39 is 0 Å². The zero-order valence-corrected chi connectivity index (χ0v) is 9.25. The Labute approximate surface area is 90.7 Å². The fourth-order valence-corrected chi connectivity index (χ4v) is 1.53. The summed E-state index contributed by atoms with van der Waals surface area (Å²) in [7, 11) is 0. The van der Waals surface area contributed by atoms with Crippen LogP contribution in [0.4, 0.5) is 0 Å². The Kier molecular flexibility index (Phi) is 5.37. The number of hydrogen-bond acceptors (Lipinski definition) is 2. The molecule has 1 aromatic heterocycles. The molecule has 0 aromatic carbocycles. The minimum Gasteiger partial charge on any atom is -0.331 e. The summed E-state index contributed by atoms with van der Waals surface area (Å²) in [5.41, 5.74) is 1.28. The van der Waals surface area contributed by atoms with Gasteiger partial charge < -0.3 is 9.88 Å². The van der Waals surface area contributed by atoms with Gasteiger partial charge in [-0.25, -0.2) is 4.98 Å². The molecule has 1 N–H and O–H groups in total. The Hall–Kier alpha value is -0.250. The van der Waals surface area contributed by atoms with Gasteiger partial charge in [0, 0.05) is 37.9 Å². The second kappa shape index (κ2) is 5.47. The van der Waals surface area contributed by atoms with E-state index in [1.165, 1.54) is 11.5 Å². The van der Waals surface area contributed by atoms with Crippen LogP contribution >= 0.6 is 24.8 Å². The normalized spacial score (nSPS) is 14.8. The van der Waals surface area contributed by atoms with Crippen molar-refractivity contribution in [3.63, 3.8) is 0 Å². The topological polar surface area (TPSA) is 29.9 Å². The number of nitrogens with zero attached hydrogens (tertiary/aromatic N) is 2. The van der Waals surface area contributed by atoms with E-state index in [4.69, 9.17) is 0 Å². The van der Waals surface area contributed by atoms with Crippen molar-refractivity contribution in [1.29, 1.82) is 0 Å². The molecular weight excluding hydrogens is 209 g/mol. The summed E-state index contributed by atoms with van der Waals surface area (Å²) in [4.78, 5) is 4.34. The van der Waals surface area contributed by atoms with Crippen molar-refractivity contribution in [2.75, 3.05) is 13.1 Å². The monoisotopic (exact) mass is 223 g/mol. The maximum atomic E-state index is 4.34. The van der Waals surface area contributed by atoms with E-state index in [-0.39, 0.29) is 24.8 Å². The predicted octanol–water partition coefficient (Wildman–Crippen LogP) is 1.18. The summed E-state index contributed by atoms with van der Waals surface area (Å²) in [6, 6.07) is 0. The molecule has 0 bridgehead atoms. The standard InChI is InChI=1S/C8H13N3.2ClH/c1-7-6-10-8-2-3-9-4-5-11(7)8;;/h6,9H,2-5H2,1H3;2*1H. The molecule has 2 heterocycles. The molecule has 3 nitrogen and oxygen atoms in total. The fraction of sp³-hybridized carbons (Fsp3) is 0.625. The highest BCUT2D eigenvalue weighted by Gasteiger charge is 2.08. The lowest BCUT2D eigenvalue weighted by Gasteiger charge is -2.03. The number of nitrogens with one attached hydrogen (secondary N) is 1. The molecular formula is C8H15Cl2N3. The second-order valence-corrected chi connectivity index (χ2v) is 2.97. The van der Waals surface area contributed by atoms with Crippen LogP contribution in [0.25, 0.3) is 0 Å². The minimum atomic E-state index is 0. The van der Waals surface area contributed by atoms with E-state index in [0.717, 1.165) is 26.1 Å². The molecule has 1 aliphatic rings. The third-order valence-electron chi connectivity index (χ3n) is 2.18. The Morgan fingerprint density at radius 2 is 2.15 bits per heavy atom. The maximum Gasteiger partial charge on any atom is 0.110 e. The van der Waals surface area contributed by atoms with Crippen molar-refractivity contribution in [1.82, 2.24) is 14.9 Å². The zero-order valence-electron chi connectivity index (χ0n) is 7.62. The van der Waals surface area contributed by atoms with Gasteiger partial charge in [-0.15, -0.1) is 24.8 Å². The summed E-state index contributed by atoms with van der Waals surface area (Å²) in [6.45, 7) is 5.32. The van der Waals surface area contributed by atoms with E-state index >= 15 is 0 Å². The first-order valence-corrected chi connectivity index (χ1v) is 4.09. The summed E-state index contributed by atoms with van der Waals surface area (Å²) in [5.74, 6) is 1.23. The molecule has 13 heavy (non-hydrogen) atoms. The van der Waals surface area contributed by atoms with Crippen molar-refractivity contribution in [3.05, 3.63) is 17.7 Å². The smallest absolute Gasteiger partial charge is 0.110 e. The quantitative estimate of drug-likeness (QED) is 0.717. The number of imidazole rings is 1. The van der Waals surface area contributed by atoms with Crippen molar-refractivity contribution in [2.45, 2.75) is 19.9 Å². The lowest BCUT2D eigenvalue weighted by atomic mass is 10.4. The average molecular weight is 224 g/mol. The van der Waals surface area contributed by atoms with Gasteiger partial charge >= 0.3 is 0 Å². The molecule has 2 rings (SSSR count). The van der Waals surface area contributed by atoms with Gasteiger partial charge in [0.15, 0.2) is 0 Å². The van der Waals surface area contributed by atoms with Crippen LogP contribution in [0.3, 0.4) is 0 Å². The molecule has 5 heteroatoms. The number of fused-ring (bicyclic) bond motifs is 1. The molecule has 0 saturated heterocycles. The molecule has 0 amide bonds. The third-order valence-corrected chi connectivity index (χ3v) is 2.18. The number of aromatic nitrogens is 2. The molecule has 0 aliphatic carbocycles. The number of hydrogen-bond donors (Lipinski definition) is 1. The molecule has 1 aliphatic heterocycles. The maximum absolute atomic E-state index is 4.34. The van der Waals surface area contributed by atoms with E-state index in [2.05, 4.69) is 21.8 Å². The summed E-state index contributed by atoms with van der Waals surface area (Å²) >= 11 is 0. The first-order chi connectivity index (χ1) is 5.38. The van der Waals surface area contributed by atoms with Crippen molar-refractivity contribution < 1.29 is 0 Å². The highest BCUT2D eigenvalue weighted by Crippen LogP contribution is 2.05. The van der Waals surface area contributed by atoms with E-state index in [1.807, 2.05) is 6.20 Å². The first-order valence-electron chi connectivity index (χ1n) is 4.09. The van der Waals surface area contributed by atoms with Crippen molar-refractivity contribution in [2.24, 2.45) is 0 Å². The van der Waals surface area contributed by atoms with E-state index in [1.54, 1.807) is 0 Å². The molecule has 0 radical (unpaired) electrons. The fourth-order valence-electron chi connectivity index (χ4n) is 1.53. The summed E-state index contributed by atoms with van der Waals surface area (Å²) in [5, 5.41) is 3.35. The van der Waals surface area contributed by atoms with Gasteiger partial charge in [-0.2, -0.15) is 0 Å². The van der Waals surface area contributed by atoms with Gasteiger partial charge in [-0.3, -0.25) is 0 Å². The van der Waals surface area contributed by atoms with Gasteiger partial charge in [-0.1, -0.05) is 0 Å². The molecule has 0 unspecified atom stereocenters. The molecule has 1 aromatic rings. The number of aryl methyl sites for hydroxylation is 1. The van der Waals surface area contributed by atoms with Gasteiger partial charge in [0.1, 0.15) is 5.82 Å². The minimum absolute atomic E-state index is 0. The van der Waals surface area contributed by atoms with Gasteiger partial charge in [0.05, 0.1) is 0 Å². The second-order valence-electron chi connectivity index (χ2n) is 2.97. The van der Waals surface area contributed by atoms with Crippen LogP contribution in [0, 0.1) is 6.92 Å². The Balaban J connectivity index is 0.000000720. The van der Waals surface area contributed by atoms with Crippen LogP contribution in [0.5, 0.6) is 0 Å². The van der Waals surface area contributed by atoms with Crippen LogP contribution in [0.15, 0.2) is 6.20 Å². The van der Waals surface area contributed by atoms with Gasteiger partial charge in [-0.05, 0) is 6.92 Å². The van der Waals surface area contributed by atoms with Crippen LogP contribution in [0.1, 0.15) is 11.5 Å². The van der Waals surface area contributed by atoms with Crippen molar-refractivity contribution in [3.8, 4) is 0 Å². The number of rotatable bonds is 0. The van der Waals surface area contributed by atoms with E-state index in [9.17, 15) is 0 Å². The highest BCUT2D eigenvalue weighted by atomic mass is 35.5. The van der Waals surface area contributed by atoms with Crippen LogP contribution in [0.2, 0.25) is 0 Å².